The summed E-state index contributed by atoms with van der Waals surface area (Å²) in [4.78, 5) is 21.8. The van der Waals surface area contributed by atoms with Gasteiger partial charge in [0.25, 0.3) is 0 Å². The molecule has 1 aliphatic rings. The Bertz CT molecular complexity index is 994. The van der Waals surface area contributed by atoms with Crippen molar-refractivity contribution >= 4 is 23.0 Å². The van der Waals surface area contributed by atoms with Crippen LogP contribution in [0.5, 0.6) is 5.88 Å². The predicted molar refractivity (Wildman–Crippen MR) is 106 cm³/mol. The summed E-state index contributed by atoms with van der Waals surface area (Å²) in [5.41, 5.74) is 0.844. The molecule has 1 aromatic carbocycles. The number of carbonyl (C=O) groups is 1. The maximum absolute atomic E-state index is 12.7. The fraction of sp³-hybridized carbons (Fsp3) is 0.381. The first-order chi connectivity index (χ1) is 13.5. The molecule has 1 fully saturated rings. The van der Waals surface area contributed by atoms with Gasteiger partial charge in [-0.2, -0.15) is 4.98 Å². The molecule has 7 heteroatoms. The predicted octanol–water partition coefficient (Wildman–Crippen LogP) is 3.40. The SMILES string of the molecule is COc1ccc2nc(NC(=O)C[C@](C)(O)c3ccccc3)n(C3CCC3)c2n1. The van der Waals surface area contributed by atoms with Crippen LogP contribution in [0.15, 0.2) is 42.5 Å². The molecule has 0 saturated heterocycles. The molecule has 4 rings (SSSR count). The summed E-state index contributed by atoms with van der Waals surface area (Å²) in [5.74, 6) is 0.684. The number of hydrogen-bond acceptors (Lipinski definition) is 5. The molecule has 2 heterocycles. The van der Waals surface area contributed by atoms with E-state index in [9.17, 15) is 9.90 Å². The number of pyridine rings is 1. The van der Waals surface area contributed by atoms with Crippen LogP contribution in [0.4, 0.5) is 5.95 Å². The van der Waals surface area contributed by atoms with Crippen LogP contribution >= 0.6 is 0 Å². The van der Waals surface area contributed by atoms with Gasteiger partial charge in [-0.1, -0.05) is 30.3 Å². The number of ether oxygens (including phenoxy) is 1. The zero-order chi connectivity index (χ0) is 19.7. The number of nitrogens with zero attached hydrogens (tertiary/aromatic N) is 3. The second-order valence-electron chi connectivity index (χ2n) is 7.45. The van der Waals surface area contributed by atoms with Crippen molar-refractivity contribution in [3.05, 3.63) is 48.0 Å². The Hall–Kier alpha value is -2.93. The molecule has 0 spiro atoms. The minimum absolute atomic E-state index is 0.0678. The van der Waals surface area contributed by atoms with Crippen molar-refractivity contribution in [2.75, 3.05) is 12.4 Å². The van der Waals surface area contributed by atoms with Gasteiger partial charge in [0.2, 0.25) is 17.7 Å². The van der Waals surface area contributed by atoms with Crippen LogP contribution in [-0.2, 0) is 10.4 Å². The number of aromatic nitrogens is 3. The minimum Gasteiger partial charge on any atom is -0.481 e. The van der Waals surface area contributed by atoms with E-state index in [-0.39, 0.29) is 18.4 Å². The second kappa shape index (κ2) is 7.24. The molecule has 28 heavy (non-hydrogen) atoms. The number of methoxy groups -OCH3 is 1. The Morgan fingerprint density at radius 3 is 2.64 bits per heavy atom. The van der Waals surface area contributed by atoms with Gasteiger partial charge >= 0.3 is 0 Å². The zero-order valence-corrected chi connectivity index (χ0v) is 16.1. The average Bonchev–Trinajstić information content (AvgIpc) is 2.97. The Labute approximate surface area is 163 Å². The van der Waals surface area contributed by atoms with Crippen LogP contribution in [0, 0.1) is 0 Å². The monoisotopic (exact) mass is 380 g/mol. The van der Waals surface area contributed by atoms with Crippen molar-refractivity contribution in [1.82, 2.24) is 14.5 Å². The first kappa shape index (κ1) is 18.4. The van der Waals surface area contributed by atoms with E-state index in [1.807, 2.05) is 41.0 Å². The third-order valence-electron chi connectivity index (χ3n) is 5.31. The molecule has 1 saturated carbocycles. The van der Waals surface area contributed by atoms with Crippen molar-refractivity contribution in [1.29, 1.82) is 0 Å². The number of imidazole rings is 1. The van der Waals surface area contributed by atoms with Crippen molar-refractivity contribution in [2.24, 2.45) is 0 Å². The number of anilines is 1. The first-order valence-corrected chi connectivity index (χ1v) is 9.48. The van der Waals surface area contributed by atoms with Crippen LogP contribution in [0.1, 0.15) is 44.2 Å². The molecule has 0 aliphatic heterocycles. The Morgan fingerprint density at radius 2 is 2.00 bits per heavy atom. The summed E-state index contributed by atoms with van der Waals surface area (Å²) >= 11 is 0. The maximum Gasteiger partial charge on any atom is 0.229 e. The maximum atomic E-state index is 12.7. The van der Waals surface area contributed by atoms with Gasteiger partial charge in [-0.3, -0.25) is 14.7 Å². The largest absolute Gasteiger partial charge is 0.481 e. The molecule has 0 radical (unpaired) electrons. The molecule has 7 nitrogen and oxygen atoms in total. The van der Waals surface area contributed by atoms with Gasteiger partial charge in [-0.15, -0.1) is 0 Å². The fourth-order valence-corrected chi connectivity index (χ4v) is 3.53. The first-order valence-electron chi connectivity index (χ1n) is 9.48. The van der Waals surface area contributed by atoms with Crippen LogP contribution in [0.2, 0.25) is 0 Å². The third kappa shape index (κ3) is 3.45. The van der Waals surface area contributed by atoms with Crippen molar-refractivity contribution in [3.8, 4) is 5.88 Å². The second-order valence-corrected chi connectivity index (χ2v) is 7.45. The van der Waals surface area contributed by atoms with E-state index in [4.69, 9.17) is 4.74 Å². The van der Waals surface area contributed by atoms with E-state index in [1.54, 1.807) is 20.1 Å². The number of fused-ring (bicyclic) bond motifs is 1. The molecule has 1 amide bonds. The van der Waals surface area contributed by atoms with E-state index in [0.717, 1.165) is 19.3 Å². The Morgan fingerprint density at radius 1 is 1.25 bits per heavy atom. The van der Waals surface area contributed by atoms with E-state index in [2.05, 4.69) is 15.3 Å². The molecule has 2 N–H and O–H groups in total. The summed E-state index contributed by atoms with van der Waals surface area (Å²) in [5, 5.41) is 13.6. The number of amides is 1. The number of benzene rings is 1. The topological polar surface area (TPSA) is 89.3 Å². The molecular weight excluding hydrogens is 356 g/mol. The lowest BCUT2D eigenvalue weighted by Crippen LogP contribution is -2.30. The Kier molecular flexibility index (Phi) is 4.77. The van der Waals surface area contributed by atoms with Crippen molar-refractivity contribution in [3.63, 3.8) is 0 Å². The van der Waals surface area contributed by atoms with E-state index < -0.39 is 5.60 Å². The van der Waals surface area contributed by atoms with Gasteiger partial charge in [-0.25, -0.2) is 4.98 Å². The molecule has 0 bridgehead atoms. The number of nitrogens with one attached hydrogen (secondary N) is 1. The molecule has 1 atom stereocenters. The third-order valence-corrected chi connectivity index (χ3v) is 5.31. The highest BCUT2D eigenvalue weighted by Gasteiger charge is 2.30. The van der Waals surface area contributed by atoms with E-state index in [0.29, 0.717) is 28.6 Å². The van der Waals surface area contributed by atoms with Gasteiger partial charge in [0.1, 0.15) is 5.52 Å². The van der Waals surface area contributed by atoms with Crippen LogP contribution in [0.3, 0.4) is 0 Å². The van der Waals surface area contributed by atoms with Gasteiger partial charge in [0, 0.05) is 12.1 Å². The average molecular weight is 380 g/mol. The minimum atomic E-state index is -1.26. The number of rotatable bonds is 6. The Balaban J connectivity index is 1.61. The standard InChI is InChI=1S/C21H24N4O3/c1-21(27,14-7-4-3-5-8-14)13-17(26)23-20-22-16-11-12-18(28-2)24-19(16)25(20)15-9-6-10-15/h3-5,7-8,11-12,15,27H,6,9-10,13H2,1-2H3,(H,22,23,26)/t21-/m0/s1. The molecule has 0 unspecified atom stereocenters. The molecule has 3 aromatic rings. The van der Waals surface area contributed by atoms with Gasteiger partial charge in [0.15, 0.2) is 5.65 Å². The molecule has 146 valence electrons. The summed E-state index contributed by atoms with van der Waals surface area (Å²) in [6.07, 6.45) is 3.12. The number of hydrogen-bond donors (Lipinski definition) is 2. The summed E-state index contributed by atoms with van der Waals surface area (Å²) in [6, 6.07) is 13.0. The van der Waals surface area contributed by atoms with Crippen LogP contribution in [-0.4, -0.2) is 32.7 Å². The molecule has 1 aliphatic carbocycles. The van der Waals surface area contributed by atoms with Crippen LogP contribution in [0.25, 0.3) is 11.2 Å². The summed E-state index contributed by atoms with van der Waals surface area (Å²) in [7, 11) is 1.58. The smallest absolute Gasteiger partial charge is 0.229 e. The highest BCUT2D eigenvalue weighted by atomic mass is 16.5. The zero-order valence-electron chi connectivity index (χ0n) is 16.1. The quantitative estimate of drug-likeness (QED) is 0.684. The fourth-order valence-electron chi connectivity index (χ4n) is 3.53. The summed E-state index contributed by atoms with van der Waals surface area (Å²) in [6.45, 7) is 1.64. The number of carbonyl (C=O) groups excluding carboxylic acids is 1. The highest BCUT2D eigenvalue weighted by molar-refractivity contribution is 5.91. The number of aliphatic hydroxyl groups is 1. The van der Waals surface area contributed by atoms with E-state index in [1.165, 1.54) is 0 Å². The van der Waals surface area contributed by atoms with Crippen molar-refractivity contribution in [2.45, 2.75) is 44.2 Å². The normalized spacial score (nSPS) is 16.4. The molecule has 2 aromatic heterocycles. The lowest BCUT2D eigenvalue weighted by Gasteiger charge is -2.29. The van der Waals surface area contributed by atoms with Crippen molar-refractivity contribution < 1.29 is 14.6 Å². The lowest BCUT2D eigenvalue weighted by molar-refractivity contribution is -0.120. The van der Waals surface area contributed by atoms with Gasteiger partial charge < -0.3 is 9.84 Å². The summed E-state index contributed by atoms with van der Waals surface area (Å²) < 4.78 is 7.22. The molecular formula is C21H24N4O3. The lowest BCUT2D eigenvalue weighted by atomic mass is 9.92. The highest BCUT2D eigenvalue weighted by Crippen LogP contribution is 2.37. The van der Waals surface area contributed by atoms with E-state index >= 15 is 0 Å². The van der Waals surface area contributed by atoms with Gasteiger partial charge in [0.05, 0.1) is 19.1 Å². The van der Waals surface area contributed by atoms with Crippen LogP contribution < -0.4 is 10.1 Å². The van der Waals surface area contributed by atoms with Gasteiger partial charge in [-0.05, 0) is 37.8 Å².